The fourth-order valence-corrected chi connectivity index (χ4v) is 5.76. The molecule has 0 bridgehead atoms. The molecule has 244 valence electrons. The highest BCUT2D eigenvalue weighted by Gasteiger charge is 2.42. The number of hydrogen-bond donors (Lipinski definition) is 1. The molecule has 1 fully saturated rings. The fraction of sp³-hybridized carbons (Fsp3) is 0.395. The van der Waals surface area contributed by atoms with Crippen LogP contribution in [0.2, 0.25) is 0 Å². The maximum atomic E-state index is 14.2. The van der Waals surface area contributed by atoms with Crippen molar-refractivity contribution in [2.24, 2.45) is 5.73 Å². The average molecular weight is 626 g/mol. The maximum Gasteiger partial charge on any atom is 0.508 e. The van der Waals surface area contributed by atoms with Gasteiger partial charge < -0.3 is 25.0 Å². The zero-order chi connectivity index (χ0) is 33.2. The number of piperidine rings is 1. The van der Waals surface area contributed by atoms with E-state index in [9.17, 15) is 14.4 Å². The number of carbonyl (C=O) groups is 3. The van der Waals surface area contributed by atoms with Crippen molar-refractivity contribution < 1.29 is 23.9 Å². The minimum Gasteiger partial charge on any atom is -0.435 e. The zero-order valence-electron chi connectivity index (χ0n) is 27.5. The van der Waals surface area contributed by atoms with E-state index in [1.807, 2.05) is 86.6 Å². The lowest BCUT2D eigenvalue weighted by Crippen LogP contribution is -2.55. The first kappa shape index (κ1) is 34.4. The van der Waals surface area contributed by atoms with Crippen LogP contribution in [0.4, 0.5) is 4.79 Å². The Morgan fingerprint density at radius 3 is 2.09 bits per heavy atom. The smallest absolute Gasteiger partial charge is 0.435 e. The zero-order valence-corrected chi connectivity index (χ0v) is 27.5. The van der Waals surface area contributed by atoms with Crippen LogP contribution < -0.4 is 5.73 Å². The number of hydrogen-bond acceptors (Lipinski definition) is 6. The van der Waals surface area contributed by atoms with Crippen LogP contribution in [-0.4, -0.2) is 71.7 Å². The number of nitrogens with two attached hydrogens (primary N) is 1. The number of likely N-dealkylation sites (N-methyl/N-ethyl adjacent to an activating group) is 1. The van der Waals surface area contributed by atoms with Gasteiger partial charge in [-0.25, -0.2) is 4.79 Å². The molecule has 2 amide bonds. The van der Waals surface area contributed by atoms with Crippen LogP contribution in [0.3, 0.4) is 0 Å². The molecule has 0 aromatic heterocycles. The largest absolute Gasteiger partial charge is 0.508 e. The van der Waals surface area contributed by atoms with Crippen LogP contribution in [0.1, 0.15) is 51.2 Å². The van der Waals surface area contributed by atoms with E-state index >= 15 is 0 Å². The van der Waals surface area contributed by atoms with E-state index in [1.54, 1.807) is 24.9 Å². The predicted molar refractivity (Wildman–Crippen MR) is 181 cm³/mol. The van der Waals surface area contributed by atoms with Crippen LogP contribution >= 0.6 is 0 Å². The van der Waals surface area contributed by atoms with E-state index in [0.29, 0.717) is 45.2 Å². The summed E-state index contributed by atoms with van der Waals surface area (Å²) in [6.07, 6.45) is 4.88. The molecule has 8 heteroatoms. The lowest BCUT2D eigenvalue weighted by molar-refractivity contribution is -0.146. The van der Waals surface area contributed by atoms with Gasteiger partial charge in [-0.1, -0.05) is 91.0 Å². The molecule has 1 saturated heterocycles. The van der Waals surface area contributed by atoms with Gasteiger partial charge in [0.1, 0.15) is 11.6 Å². The first-order valence-corrected chi connectivity index (χ1v) is 16.0. The summed E-state index contributed by atoms with van der Waals surface area (Å²) < 4.78 is 11.1. The predicted octanol–water partition coefficient (Wildman–Crippen LogP) is 6.18. The Morgan fingerprint density at radius 2 is 1.50 bits per heavy atom. The summed E-state index contributed by atoms with van der Waals surface area (Å²) in [5.41, 5.74) is 9.04. The Balaban J connectivity index is 1.54. The quantitative estimate of drug-likeness (QED) is 0.190. The van der Waals surface area contributed by atoms with Crippen molar-refractivity contribution in [1.82, 2.24) is 9.80 Å². The Labute approximate surface area is 273 Å². The number of nitrogens with zero attached hydrogens (tertiary/aromatic N) is 2. The van der Waals surface area contributed by atoms with Gasteiger partial charge in [0.05, 0.1) is 6.61 Å². The van der Waals surface area contributed by atoms with Crippen molar-refractivity contribution >= 4 is 18.0 Å². The van der Waals surface area contributed by atoms with E-state index in [4.69, 9.17) is 15.2 Å². The molecule has 8 nitrogen and oxygen atoms in total. The molecular weight excluding hydrogens is 578 g/mol. The van der Waals surface area contributed by atoms with Crippen molar-refractivity contribution in [2.75, 3.05) is 26.7 Å². The Hall–Kier alpha value is -4.43. The number of ether oxygens (including phenoxy) is 2. The topological polar surface area (TPSA) is 102 Å². The highest BCUT2D eigenvalue weighted by Crippen LogP contribution is 2.32. The summed E-state index contributed by atoms with van der Waals surface area (Å²) >= 11 is 0. The standard InChI is InChI=1S/C38H47N3O5/c1-5-45-36(44)46-38(28-30-13-8-6-9-14-30)23-25-41(26-24-38)35(43)33(40(4)34(42)17-12-22-37(2,3)39)27-29-18-20-32(21-19-29)31-15-10-7-11-16-31/h6-21,33H,5,22-28,39H2,1-4H3/b17-12+/t33-/m1/s1. The summed E-state index contributed by atoms with van der Waals surface area (Å²) in [7, 11) is 1.68. The molecule has 3 aromatic rings. The molecule has 1 atom stereocenters. The van der Waals surface area contributed by atoms with Gasteiger partial charge in [0.25, 0.3) is 0 Å². The minimum absolute atomic E-state index is 0.139. The number of rotatable bonds is 12. The third kappa shape index (κ3) is 9.78. The Bertz CT molecular complexity index is 1460. The van der Waals surface area contributed by atoms with E-state index in [-0.39, 0.29) is 18.4 Å². The minimum atomic E-state index is -0.799. The first-order chi connectivity index (χ1) is 22.0. The van der Waals surface area contributed by atoms with E-state index in [2.05, 4.69) is 12.1 Å². The van der Waals surface area contributed by atoms with E-state index < -0.39 is 23.3 Å². The summed E-state index contributed by atoms with van der Waals surface area (Å²) in [5, 5.41) is 0. The number of benzene rings is 3. The molecule has 4 rings (SSSR count). The molecule has 2 N–H and O–H groups in total. The molecule has 0 aliphatic carbocycles. The number of amides is 2. The lowest BCUT2D eigenvalue weighted by Gasteiger charge is -2.42. The molecule has 0 unspecified atom stereocenters. The molecule has 3 aromatic carbocycles. The second-order valence-corrected chi connectivity index (χ2v) is 12.8. The molecular formula is C38H47N3O5. The van der Waals surface area contributed by atoms with Crippen LogP contribution in [0.5, 0.6) is 0 Å². The van der Waals surface area contributed by atoms with Gasteiger partial charge >= 0.3 is 6.16 Å². The summed E-state index contributed by atoms with van der Waals surface area (Å²) in [6.45, 7) is 6.53. The van der Waals surface area contributed by atoms with Crippen LogP contribution in [-0.2, 0) is 31.9 Å². The Kier molecular flexibility index (Phi) is 11.8. The number of carbonyl (C=O) groups excluding carboxylic acids is 3. The third-order valence-corrected chi connectivity index (χ3v) is 8.41. The van der Waals surface area contributed by atoms with Crippen molar-refractivity contribution in [3.8, 4) is 11.1 Å². The van der Waals surface area contributed by atoms with Crippen molar-refractivity contribution in [3.63, 3.8) is 0 Å². The average Bonchev–Trinajstić information content (AvgIpc) is 3.04. The summed E-state index contributed by atoms with van der Waals surface area (Å²) in [4.78, 5) is 43.3. The molecule has 46 heavy (non-hydrogen) atoms. The van der Waals surface area contributed by atoms with Crippen molar-refractivity contribution in [3.05, 3.63) is 108 Å². The SMILES string of the molecule is CCOC(=O)OC1(Cc2ccccc2)CCN(C(=O)[C@@H](Cc2ccc(-c3ccccc3)cc2)N(C)C(=O)/C=C/CC(C)(C)N)CC1. The molecule has 0 spiro atoms. The molecule has 0 radical (unpaired) electrons. The highest BCUT2D eigenvalue weighted by atomic mass is 16.7. The second kappa shape index (κ2) is 15.7. The van der Waals surface area contributed by atoms with E-state index in [0.717, 1.165) is 22.3 Å². The van der Waals surface area contributed by atoms with Gasteiger partial charge in [0, 0.05) is 51.4 Å². The van der Waals surface area contributed by atoms with Crippen LogP contribution in [0.25, 0.3) is 11.1 Å². The normalized spacial score (nSPS) is 15.3. The molecule has 1 heterocycles. The summed E-state index contributed by atoms with van der Waals surface area (Å²) in [5.74, 6) is -0.399. The van der Waals surface area contributed by atoms with Gasteiger partial charge in [-0.15, -0.1) is 0 Å². The molecule has 0 saturated carbocycles. The van der Waals surface area contributed by atoms with Gasteiger partial charge in [-0.2, -0.15) is 0 Å². The first-order valence-electron chi connectivity index (χ1n) is 16.0. The molecule has 1 aliphatic heterocycles. The van der Waals surface area contributed by atoms with Crippen LogP contribution in [0.15, 0.2) is 97.1 Å². The van der Waals surface area contributed by atoms with E-state index in [1.165, 1.54) is 11.0 Å². The van der Waals surface area contributed by atoms with Gasteiger partial charge in [0.15, 0.2) is 0 Å². The van der Waals surface area contributed by atoms with Crippen molar-refractivity contribution in [1.29, 1.82) is 0 Å². The third-order valence-electron chi connectivity index (χ3n) is 8.41. The Morgan fingerprint density at radius 1 is 0.913 bits per heavy atom. The van der Waals surface area contributed by atoms with Crippen LogP contribution in [0, 0.1) is 0 Å². The molecule has 1 aliphatic rings. The van der Waals surface area contributed by atoms with Crippen molar-refractivity contribution in [2.45, 2.75) is 70.1 Å². The summed E-state index contributed by atoms with van der Waals surface area (Å²) in [6, 6.07) is 27.4. The van der Waals surface area contributed by atoms with Gasteiger partial charge in [-0.3, -0.25) is 9.59 Å². The second-order valence-electron chi connectivity index (χ2n) is 12.8. The highest BCUT2D eigenvalue weighted by molar-refractivity contribution is 5.93. The lowest BCUT2D eigenvalue weighted by atomic mass is 9.84. The van der Waals surface area contributed by atoms with Gasteiger partial charge in [0.2, 0.25) is 11.8 Å². The maximum absolute atomic E-state index is 14.2. The monoisotopic (exact) mass is 625 g/mol. The van der Waals surface area contributed by atoms with Gasteiger partial charge in [-0.05, 0) is 55.5 Å². The number of likely N-dealkylation sites (tertiary alicyclic amines) is 1. The fourth-order valence-electron chi connectivity index (χ4n) is 5.76.